The number of benzene rings is 2. The second-order valence-electron chi connectivity index (χ2n) is 7.22. The fourth-order valence-electron chi connectivity index (χ4n) is 3.70. The van der Waals surface area contributed by atoms with Gasteiger partial charge in [0.25, 0.3) is 5.91 Å². The topological polar surface area (TPSA) is 58.2 Å². The summed E-state index contributed by atoms with van der Waals surface area (Å²) in [6.45, 7) is 1.64. The predicted molar refractivity (Wildman–Crippen MR) is 107 cm³/mol. The molecule has 0 bridgehead atoms. The molecule has 0 saturated carbocycles. The number of nitrogens with zero attached hydrogens (tertiary/aromatic N) is 2. The summed E-state index contributed by atoms with van der Waals surface area (Å²) in [6, 6.07) is 13.9. The number of H-pyrrole nitrogens is 1. The number of nitrogens with one attached hydrogen (secondary N) is 1. The normalized spacial score (nSPS) is 16.7. The molecule has 2 heterocycles. The summed E-state index contributed by atoms with van der Waals surface area (Å²) < 4.78 is 5.66. The zero-order valence-electron chi connectivity index (χ0n) is 15.6. The van der Waals surface area contributed by atoms with Gasteiger partial charge in [-0.05, 0) is 61.1 Å². The Morgan fingerprint density at radius 1 is 1.26 bits per heavy atom. The third-order valence-electron chi connectivity index (χ3n) is 5.25. The van der Waals surface area contributed by atoms with Crippen LogP contribution in [0.15, 0.2) is 48.8 Å². The summed E-state index contributed by atoms with van der Waals surface area (Å²) >= 11 is 0. The molecule has 1 aliphatic rings. The van der Waals surface area contributed by atoms with E-state index in [0.29, 0.717) is 6.10 Å². The Hall–Kier alpha value is -2.66. The minimum Gasteiger partial charge on any atom is -0.378 e. The Balaban J connectivity index is 1.43. The van der Waals surface area contributed by atoms with Crippen LogP contribution < -0.4 is 0 Å². The number of amides is 1. The van der Waals surface area contributed by atoms with Crippen LogP contribution in [0, 0.1) is 0 Å². The maximum atomic E-state index is 12.8. The van der Waals surface area contributed by atoms with Gasteiger partial charge in [0.1, 0.15) is 0 Å². The fraction of sp³-hybridized carbons (Fsp3) is 0.364. The third-order valence-corrected chi connectivity index (χ3v) is 5.25. The van der Waals surface area contributed by atoms with Gasteiger partial charge in [-0.15, -0.1) is 0 Å². The fourth-order valence-corrected chi connectivity index (χ4v) is 3.70. The number of hydrogen-bond acceptors (Lipinski definition) is 3. The number of carbonyl (C=O) groups is 1. The third kappa shape index (κ3) is 4.03. The van der Waals surface area contributed by atoms with E-state index in [0.717, 1.165) is 66.6 Å². The number of rotatable bonds is 6. The van der Waals surface area contributed by atoms with E-state index < -0.39 is 0 Å². The van der Waals surface area contributed by atoms with Crippen molar-refractivity contribution in [3.8, 4) is 11.1 Å². The second kappa shape index (κ2) is 7.92. The van der Waals surface area contributed by atoms with Crippen LogP contribution in [-0.4, -0.2) is 47.1 Å². The van der Waals surface area contributed by atoms with Crippen LogP contribution in [-0.2, 0) is 4.74 Å². The number of imidazole rings is 1. The summed E-state index contributed by atoms with van der Waals surface area (Å²) in [5.41, 5.74) is 4.76. The van der Waals surface area contributed by atoms with Crippen LogP contribution in [0.25, 0.3) is 22.2 Å². The summed E-state index contributed by atoms with van der Waals surface area (Å²) in [5, 5.41) is 0. The molecule has 1 aromatic heterocycles. The average Bonchev–Trinajstić information content (AvgIpc) is 3.38. The van der Waals surface area contributed by atoms with Crippen molar-refractivity contribution in [2.75, 3.05) is 20.2 Å². The minimum atomic E-state index is 0.0619. The van der Waals surface area contributed by atoms with Gasteiger partial charge in [0.05, 0.1) is 23.5 Å². The summed E-state index contributed by atoms with van der Waals surface area (Å²) in [6.07, 6.45) is 6.40. The van der Waals surface area contributed by atoms with E-state index in [1.807, 2.05) is 48.3 Å². The first-order valence-electron chi connectivity index (χ1n) is 9.61. The second-order valence-corrected chi connectivity index (χ2v) is 7.22. The van der Waals surface area contributed by atoms with Crippen molar-refractivity contribution >= 4 is 16.9 Å². The average molecular weight is 363 g/mol. The predicted octanol–water partition coefficient (Wildman–Crippen LogP) is 4.26. The van der Waals surface area contributed by atoms with Gasteiger partial charge >= 0.3 is 0 Å². The van der Waals surface area contributed by atoms with E-state index in [-0.39, 0.29) is 5.91 Å². The smallest absolute Gasteiger partial charge is 0.253 e. The van der Waals surface area contributed by atoms with Gasteiger partial charge in [-0.25, -0.2) is 4.98 Å². The van der Waals surface area contributed by atoms with Gasteiger partial charge in [0, 0.05) is 25.8 Å². The lowest BCUT2D eigenvalue weighted by Crippen LogP contribution is -2.28. The van der Waals surface area contributed by atoms with Crippen molar-refractivity contribution < 1.29 is 9.53 Å². The molecular formula is C22H25N3O2. The van der Waals surface area contributed by atoms with Gasteiger partial charge in [0.15, 0.2) is 0 Å². The lowest BCUT2D eigenvalue weighted by Gasteiger charge is -2.18. The lowest BCUT2D eigenvalue weighted by atomic mass is 10.0. The van der Waals surface area contributed by atoms with Crippen LogP contribution in [0.4, 0.5) is 0 Å². The minimum absolute atomic E-state index is 0.0619. The summed E-state index contributed by atoms with van der Waals surface area (Å²) in [5.74, 6) is 0.0619. The molecule has 3 aromatic rings. The van der Waals surface area contributed by atoms with E-state index in [4.69, 9.17) is 4.74 Å². The molecule has 1 saturated heterocycles. The molecule has 2 aromatic carbocycles. The van der Waals surface area contributed by atoms with E-state index in [9.17, 15) is 4.79 Å². The van der Waals surface area contributed by atoms with Crippen molar-refractivity contribution in [1.29, 1.82) is 0 Å². The van der Waals surface area contributed by atoms with Crippen LogP contribution in [0.3, 0.4) is 0 Å². The zero-order valence-corrected chi connectivity index (χ0v) is 15.6. The molecule has 0 aliphatic carbocycles. The number of ether oxygens (including phenoxy) is 1. The Kier molecular flexibility index (Phi) is 5.21. The van der Waals surface area contributed by atoms with E-state index in [1.54, 1.807) is 6.33 Å². The number of aromatic amines is 1. The monoisotopic (exact) mass is 363 g/mol. The Morgan fingerprint density at radius 2 is 2.15 bits per heavy atom. The highest BCUT2D eigenvalue weighted by molar-refractivity contribution is 5.95. The van der Waals surface area contributed by atoms with Gasteiger partial charge in [0.2, 0.25) is 0 Å². The molecular weight excluding hydrogens is 338 g/mol. The number of carbonyl (C=O) groups excluding carboxylic acids is 1. The molecule has 5 nitrogen and oxygen atoms in total. The summed E-state index contributed by atoms with van der Waals surface area (Å²) in [4.78, 5) is 22.0. The maximum absolute atomic E-state index is 12.8. The zero-order chi connectivity index (χ0) is 18.6. The molecule has 140 valence electrons. The van der Waals surface area contributed by atoms with Crippen LogP contribution >= 0.6 is 0 Å². The van der Waals surface area contributed by atoms with Gasteiger partial charge in [-0.1, -0.05) is 18.2 Å². The number of hydrogen-bond donors (Lipinski definition) is 1. The van der Waals surface area contributed by atoms with Gasteiger partial charge in [-0.2, -0.15) is 0 Å². The van der Waals surface area contributed by atoms with E-state index >= 15 is 0 Å². The van der Waals surface area contributed by atoms with Crippen molar-refractivity contribution in [3.05, 3.63) is 54.4 Å². The quantitative estimate of drug-likeness (QED) is 0.712. The molecule has 5 heteroatoms. The highest BCUT2D eigenvalue weighted by atomic mass is 16.5. The standard InChI is InChI=1S/C22H25N3O2/c1-25(11-3-7-19-8-4-12-27-19)22(26)18-6-2-5-16(13-18)17-9-10-20-21(14-17)24-15-23-20/h2,5-6,9-10,13-15,19H,3-4,7-8,11-12H2,1H3,(H,23,24). The molecule has 1 atom stereocenters. The molecule has 0 spiro atoms. The molecule has 27 heavy (non-hydrogen) atoms. The SMILES string of the molecule is CN(CCCC1CCCO1)C(=O)c1cccc(-c2ccc3nc[nH]c3c2)c1. The van der Waals surface area contributed by atoms with E-state index in [1.165, 1.54) is 0 Å². The molecule has 1 amide bonds. The highest BCUT2D eigenvalue weighted by Crippen LogP contribution is 2.24. The largest absolute Gasteiger partial charge is 0.378 e. The Bertz CT molecular complexity index is 928. The van der Waals surface area contributed by atoms with Gasteiger partial charge in [-0.3, -0.25) is 4.79 Å². The van der Waals surface area contributed by atoms with Crippen molar-refractivity contribution in [3.63, 3.8) is 0 Å². The van der Waals surface area contributed by atoms with Crippen molar-refractivity contribution in [2.24, 2.45) is 0 Å². The van der Waals surface area contributed by atoms with Crippen molar-refractivity contribution in [1.82, 2.24) is 14.9 Å². The Labute approximate surface area is 159 Å². The number of aromatic nitrogens is 2. The van der Waals surface area contributed by atoms with Crippen LogP contribution in [0.5, 0.6) is 0 Å². The first-order chi connectivity index (χ1) is 13.2. The summed E-state index contributed by atoms with van der Waals surface area (Å²) in [7, 11) is 1.88. The Morgan fingerprint density at radius 3 is 3.00 bits per heavy atom. The molecule has 4 rings (SSSR count). The lowest BCUT2D eigenvalue weighted by molar-refractivity contribution is 0.0763. The molecule has 1 aliphatic heterocycles. The highest BCUT2D eigenvalue weighted by Gasteiger charge is 2.17. The van der Waals surface area contributed by atoms with Gasteiger partial charge < -0.3 is 14.6 Å². The van der Waals surface area contributed by atoms with Crippen molar-refractivity contribution in [2.45, 2.75) is 31.8 Å². The molecule has 0 radical (unpaired) electrons. The van der Waals surface area contributed by atoms with Crippen LogP contribution in [0.1, 0.15) is 36.0 Å². The first-order valence-corrected chi connectivity index (χ1v) is 9.61. The molecule has 1 N–H and O–H groups in total. The number of fused-ring (bicyclic) bond motifs is 1. The molecule has 1 fully saturated rings. The molecule has 1 unspecified atom stereocenters. The van der Waals surface area contributed by atoms with Crippen LogP contribution in [0.2, 0.25) is 0 Å². The maximum Gasteiger partial charge on any atom is 0.253 e. The van der Waals surface area contributed by atoms with E-state index in [2.05, 4.69) is 16.0 Å². The first kappa shape index (κ1) is 17.7.